The van der Waals surface area contributed by atoms with Crippen LogP contribution in [0.3, 0.4) is 0 Å². The number of halogens is 1. The summed E-state index contributed by atoms with van der Waals surface area (Å²) in [5, 5.41) is 4.26. The second-order valence-corrected chi connectivity index (χ2v) is 5.64. The van der Waals surface area contributed by atoms with Gasteiger partial charge in [0.1, 0.15) is 0 Å². The first kappa shape index (κ1) is 14.7. The van der Waals surface area contributed by atoms with Gasteiger partial charge in [-0.3, -0.25) is 4.79 Å². The van der Waals surface area contributed by atoms with Crippen molar-refractivity contribution in [2.45, 2.75) is 11.4 Å². The van der Waals surface area contributed by atoms with E-state index in [0.717, 1.165) is 5.03 Å². The Morgan fingerprint density at radius 1 is 1.35 bits per heavy atom. The number of nitrogens with one attached hydrogen (secondary N) is 1. The van der Waals surface area contributed by atoms with Gasteiger partial charge in [-0.05, 0) is 30.3 Å². The van der Waals surface area contributed by atoms with E-state index in [1.165, 1.54) is 11.8 Å². The van der Waals surface area contributed by atoms with Crippen LogP contribution in [0.15, 0.2) is 47.6 Å². The normalized spacial score (nSPS) is 10.2. The zero-order valence-electron chi connectivity index (χ0n) is 10.7. The summed E-state index contributed by atoms with van der Waals surface area (Å²) in [5.41, 5.74) is 6.99. The highest BCUT2D eigenvalue weighted by Crippen LogP contribution is 2.18. The zero-order chi connectivity index (χ0) is 14.4. The van der Waals surface area contributed by atoms with Gasteiger partial charge in [0, 0.05) is 29.7 Å². The maximum Gasteiger partial charge on any atom is 0.225 e. The van der Waals surface area contributed by atoms with E-state index in [1.54, 1.807) is 30.5 Å². The number of nitrogens with zero attached hydrogens (tertiary/aromatic N) is 1. The highest BCUT2D eigenvalue weighted by Gasteiger charge is 2.04. The van der Waals surface area contributed by atoms with Gasteiger partial charge in [-0.25, -0.2) is 4.98 Å². The molecule has 0 unspecified atom stereocenters. The molecule has 1 aromatic heterocycles. The third-order valence-electron chi connectivity index (χ3n) is 2.45. The van der Waals surface area contributed by atoms with Crippen LogP contribution in [0, 0.1) is 0 Å². The second-order valence-electron chi connectivity index (χ2n) is 4.09. The predicted octanol–water partition coefficient (Wildman–Crippen LogP) is 3.44. The van der Waals surface area contributed by atoms with Gasteiger partial charge in [-0.2, -0.15) is 0 Å². The van der Waals surface area contributed by atoms with E-state index in [-0.39, 0.29) is 5.91 Å². The van der Waals surface area contributed by atoms with Crippen molar-refractivity contribution in [2.24, 2.45) is 0 Å². The van der Waals surface area contributed by atoms with Crippen LogP contribution in [0.5, 0.6) is 0 Å². The molecule has 20 heavy (non-hydrogen) atoms. The number of benzene rings is 1. The Kier molecular flexibility index (Phi) is 5.26. The highest BCUT2D eigenvalue weighted by molar-refractivity contribution is 7.99. The number of hydrogen-bond acceptors (Lipinski definition) is 4. The Labute approximate surface area is 126 Å². The molecular formula is C14H14ClN3OS. The topological polar surface area (TPSA) is 68.0 Å². The monoisotopic (exact) mass is 307 g/mol. The lowest BCUT2D eigenvalue weighted by atomic mass is 10.3. The van der Waals surface area contributed by atoms with Crippen molar-refractivity contribution < 1.29 is 4.79 Å². The molecule has 104 valence electrons. The molecule has 0 aliphatic rings. The summed E-state index contributed by atoms with van der Waals surface area (Å²) in [6, 6.07) is 10.7. The summed E-state index contributed by atoms with van der Waals surface area (Å²) in [4.78, 5) is 15.9. The van der Waals surface area contributed by atoms with Crippen LogP contribution in [0.25, 0.3) is 0 Å². The molecule has 0 spiro atoms. The molecule has 1 heterocycles. The lowest BCUT2D eigenvalue weighted by molar-refractivity contribution is -0.115. The van der Waals surface area contributed by atoms with Gasteiger partial charge in [-0.15, -0.1) is 11.8 Å². The van der Waals surface area contributed by atoms with Crippen molar-refractivity contribution in [3.05, 3.63) is 47.6 Å². The van der Waals surface area contributed by atoms with E-state index >= 15 is 0 Å². The largest absolute Gasteiger partial charge is 0.399 e. The second kappa shape index (κ2) is 7.17. The Balaban J connectivity index is 1.76. The molecule has 0 aliphatic heterocycles. The first-order valence-corrected chi connectivity index (χ1v) is 7.39. The van der Waals surface area contributed by atoms with E-state index in [0.29, 0.717) is 28.6 Å². The van der Waals surface area contributed by atoms with Gasteiger partial charge in [0.05, 0.1) is 10.0 Å². The molecule has 0 radical (unpaired) electrons. The number of amides is 1. The van der Waals surface area contributed by atoms with Crippen molar-refractivity contribution in [3.8, 4) is 0 Å². The van der Waals surface area contributed by atoms with Crippen molar-refractivity contribution in [1.82, 2.24) is 4.98 Å². The average Bonchev–Trinajstić information content (AvgIpc) is 2.41. The Bertz CT molecular complexity index is 589. The van der Waals surface area contributed by atoms with Crippen molar-refractivity contribution in [3.63, 3.8) is 0 Å². The number of nitrogens with two attached hydrogens (primary N) is 1. The van der Waals surface area contributed by atoms with E-state index in [4.69, 9.17) is 17.3 Å². The Morgan fingerprint density at radius 2 is 2.20 bits per heavy atom. The molecule has 4 nitrogen and oxygen atoms in total. The smallest absolute Gasteiger partial charge is 0.225 e. The van der Waals surface area contributed by atoms with Gasteiger partial charge in [0.15, 0.2) is 0 Å². The first-order valence-electron chi connectivity index (χ1n) is 6.03. The summed E-state index contributed by atoms with van der Waals surface area (Å²) in [7, 11) is 0. The van der Waals surface area contributed by atoms with E-state index in [2.05, 4.69) is 10.3 Å². The number of aromatic nitrogens is 1. The van der Waals surface area contributed by atoms with Crippen LogP contribution in [0.2, 0.25) is 5.02 Å². The summed E-state index contributed by atoms with van der Waals surface area (Å²) in [6.45, 7) is 0. The van der Waals surface area contributed by atoms with Crippen LogP contribution in [0.4, 0.5) is 11.4 Å². The van der Waals surface area contributed by atoms with Crippen LogP contribution in [-0.2, 0) is 4.79 Å². The number of carbonyl (C=O) groups is 1. The molecule has 6 heteroatoms. The number of pyridine rings is 1. The highest BCUT2D eigenvalue weighted by atomic mass is 35.5. The van der Waals surface area contributed by atoms with Crippen LogP contribution >= 0.6 is 23.4 Å². The fourth-order valence-corrected chi connectivity index (χ4v) is 2.44. The summed E-state index contributed by atoms with van der Waals surface area (Å²) < 4.78 is 0. The first-order chi connectivity index (χ1) is 9.63. The molecule has 0 fully saturated rings. The lowest BCUT2D eigenvalue weighted by Crippen LogP contribution is -2.12. The van der Waals surface area contributed by atoms with Gasteiger partial charge in [-0.1, -0.05) is 17.7 Å². The van der Waals surface area contributed by atoms with Crippen molar-refractivity contribution in [2.75, 3.05) is 16.8 Å². The number of rotatable bonds is 5. The number of hydrogen-bond donors (Lipinski definition) is 2. The number of nitrogen functional groups attached to an aromatic ring is 1. The van der Waals surface area contributed by atoms with Crippen molar-refractivity contribution in [1.29, 1.82) is 0 Å². The molecule has 0 saturated heterocycles. The molecule has 2 aromatic rings. The molecule has 0 aliphatic carbocycles. The molecule has 2 rings (SSSR count). The Hall–Kier alpha value is -1.72. The van der Waals surface area contributed by atoms with Crippen LogP contribution in [0.1, 0.15) is 6.42 Å². The zero-order valence-corrected chi connectivity index (χ0v) is 12.2. The predicted molar refractivity (Wildman–Crippen MR) is 84.1 cm³/mol. The third kappa shape index (κ3) is 4.75. The molecule has 0 saturated carbocycles. The quantitative estimate of drug-likeness (QED) is 0.656. The number of anilines is 2. The minimum absolute atomic E-state index is 0.0444. The summed E-state index contributed by atoms with van der Waals surface area (Å²) >= 11 is 7.27. The molecule has 3 N–H and O–H groups in total. The molecule has 1 aromatic carbocycles. The maximum absolute atomic E-state index is 11.8. The summed E-state index contributed by atoms with van der Waals surface area (Å²) in [5.74, 6) is 0.611. The van der Waals surface area contributed by atoms with E-state index < -0.39 is 0 Å². The van der Waals surface area contributed by atoms with Crippen molar-refractivity contribution >= 4 is 40.6 Å². The van der Waals surface area contributed by atoms with E-state index in [9.17, 15) is 4.79 Å². The average molecular weight is 308 g/mol. The van der Waals surface area contributed by atoms with Crippen LogP contribution in [-0.4, -0.2) is 16.6 Å². The van der Waals surface area contributed by atoms with Gasteiger partial charge in [0.2, 0.25) is 5.91 Å². The van der Waals surface area contributed by atoms with Gasteiger partial charge >= 0.3 is 0 Å². The maximum atomic E-state index is 11.8. The van der Waals surface area contributed by atoms with Gasteiger partial charge in [0.25, 0.3) is 0 Å². The molecular weight excluding hydrogens is 294 g/mol. The van der Waals surface area contributed by atoms with Crippen LogP contribution < -0.4 is 11.1 Å². The molecule has 0 atom stereocenters. The minimum atomic E-state index is -0.0444. The number of thioether (sulfide) groups is 1. The SMILES string of the molecule is Nc1cccc(NC(=O)CCSc2ccc(Cl)cn2)c1. The number of carbonyl (C=O) groups excluding carboxylic acids is 1. The fraction of sp³-hybridized carbons (Fsp3) is 0.143. The van der Waals surface area contributed by atoms with Gasteiger partial charge < -0.3 is 11.1 Å². The molecule has 1 amide bonds. The standard InChI is InChI=1S/C14H14ClN3OS/c15-10-4-5-14(17-9-10)20-7-6-13(19)18-12-3-1-2-11(16)8-12/h1-5,8-9H,6-7,16H2,(H,18,19). The summed E-state index contributed by atoms with van der Waals surface area (Å²) in [6.07, 6.45) is 2.00. The lowest BCUT2D eigenvalue weighted by Gasteiger charge is -2.05. The third-order valence-corrected chi connectivity index (χ3v) is 3.62. The Morgan fingerprint density at radius 3 is 2.90 bits per heavy atom. The fourth-order valence-electron chi connectivity index (χ4n) is 1.54. The molecule has 0 bridgehead atoms. The minimum Gasteiger partial charge on any atom is -0.399 e. The van der Waals surface area contributed by atoms with E-state index in [1.807, 2.05) is 12.1 Å².